The van der Waals surface area contributed by atoms with E-state index in [0.717, 1.165) is 0 Å². The van der Waals surface area contributed by atoms with E-state index in [4.69, 9.17) is 4.74 Å². The Labute approximate surface area is 171 Å². The Morgan fingerprint density at radius 3 is 2.60 bits per heavy atom. The maximum absolute atomic E-state index is 12.9. The minimum atomic E-state index is -0.882. The van der Waals surface area contributed by atoms with Crippen molar-refractivity contribution >= 4 is 23.5 Å². The van der Waals surface area contributed by atoms with Crippen LogP contribution >= 0.6 is 0 Å². The minimum absolute atomic E-state index is 0.0874. The van der Waals surface area contributed by atoms with Gasteiger partial charge < -0.3 is 20.2 Å². The number of rotatable bonds is 7. The third-order valence-electron chi connectivity index (χ3n) is 4.35. The summed E-state index contributed by atoms with van der Waals surface area (Å²) in [5, 5.41) is 21.7. The molecule has 1 N–H and O–H groups in total. The Balaban J connectivity index is 1.96. The fraction of sp³-hybridized carbons (Fsp3) is 0.263. The average Bonchev–Trinajstić information content (AvgIpc) is 3.32. The van der Waals surface area contributed by atoms with E-state index in [0.29, 0.717) is 11.4 Å². The number of aromatic nitrogens is 4. The molecule has 1 amide bonds. The second kappa shape index (κ2) is 8.55. The molecule has 0 spiro atoms. The average molecular weight is 412 g/mol. The highest BCUT2D eigenvalue weighted by molar-refractivity contribution is 6.01. The van der Waals surface area contributed by atoms with Crippen LogP contribution in [0, 0.1) is 17.0 Å². The summed E-state index contributed by atoms with van der Waals surface area (Å²) in [5.41, 5.74) is 1.16. The SMILES string of the molecule is CCOC(=O)c1cnn(-c2ccccc2)c1NC(=O)C(C)n1nc([N+](=O)[O-])cc1C. The molecule has 2 heterocycles. The zero-order valence-corrected chi connectivity index (χ0v) is 16.6. The number of aryl methyl sites for hydroxylation is 1. The molecule has 1 atom stereocenters. The molecular weight excluding hydrogens is 392 g/mol. The Kier molecular flexibility index (Phi) is 5.90. The van der Waals surface area contributed by atoms with Crippen molar-refractivity contribution in [2.45, 2.75) is 26.8 Å². The van der Waals surface area contributed by atoms with Crippen molar-refractivity contribution in [1.82, 2.24) is 19.6 Å². The number of benzene rings is 1. The third-order valence-corrected chi connectivity index (χ3v) is 4.35. The molecule has 0 radical (unpaired) electrons. The van der Waals surface area contributed by atoms with Crippen LogP contribution in [0.3, 0.4) is 0 Å². The number of nitrogens with one attached hydrogen (secondary N) is 1. The summed E-state index contributed by atoms with van der Waals surface area (Å²) in [6.07, 6.45) is 1.31. The number of esters is 1. The predicted molar refractivity (Wildman–Crippen MR) is 106 cm³/mol. The lowest BCUT2D eigenvalue weighted by Crippen LogP contribution is -2.27. The third kappa shape index (κ3) is 4.04. The van der Waals surface area contributed by atoms with Crippen LogP contribution in [0.4, 0.5) is 11.6 Å². The number of nitro groups is 1. The molecule has 0 fully saturated rings. The standard InChI is InChI=1S/C19H20N6O5/c1-4-30-19(27)15-11-20-24(14-8-6-5-7-9-14)17(15)21-18(26)13(3)23-12(2)10-16(22-23)25(28)29/h5-11,13H,4H2,1-3H3,(H,21,26). The zero-order valence-electron chi connectivity index (χ0n) is 16.6. The highest BCUT2D eigenvalue weighted by Gasteiger charge is 2.28. The first-order valence-electron chi connectivity index (χ1n) is 9.15. The summed E-state index contributed by atoms with van der Waals surface area (Å²) in [5.74, 6) is -1.38. The Bertz CT molecular complexity index is 1090. The van der Waals surface area contributed by atoms with Gasteiger partial charge in [0.1, 0.15) is 11.6 Å². The molecular formula is C19H20N6O5. The van der Waals surface area contributed by atoms with Crippen LogP contribution in [0.2, 0.25) is 0 Å². The maximum atomic E-state index is 12.9. The van der Waals surface area contributed by atoms with Crippen molar-refractivity contribution in [2.75, 3.05) is 11.9 Å². The van der Waals surface area contributed by atoms with Gasteiger partial charge in [-0.2, -0.15) is 9.78 Å². The van der Waals surface area contributed by atoms with Gasteiger partial charge in [0.15, 0.2) is 5.82 Å². The molecule has 30 heavy (non-hydrogen) atoms. The predicted octanol–water partition coefficient (Wildman–Crippen LogP) is 2.66. The van der Waals surface area contributed by atoms with Crippen LogP contribution in [0.15, 0.2) is 42.6 Å². The number of hydrogen-bond donors (Lipinski definition) is 1. The first-order valence-corrected chi connectivity index (χ1v) is 9.15. The minimum Gasteiger partial charge on any atom is -0.462 e. The van der Waals surface area contributed by atoms with Crippen LogP contribution in [0.1, 0.15) is 35.9 Å². The van der Waals surface area contributed by atoms with Gasteiger partial charge in [0.05, 0.1) is 35.4 Å². The molecule has 3 aromatic rings. The number of amides is 1. The summed E-state index contributed by atoms with van der Waals surface area (Å²) in [7, 11) is 0. The van der Waals surface area contributed by atoms with Crippen molar-refractivity contribution in [3.8, 4) is 5.69 Å². The van der Waals surface area contributed by atoms with E-state index in [-0.39, 0.29) is 23.8 Å². The number of ether oxygens (including phenoxy) is 1. The number of carbonyl (C=O) groups excluding carboxylic acids is 2. The quantitative estimate of drug-likeness (QED) is 0.358. The van der Waals surface area contributed by atoms with Gasteiger partial charge in [-0.05, 0) is 37.8 Å². The van der Waals surface area contributed by atoms with Gasteiger partial charge in [0, 0.05) is 0 Å². The topological polar surface area (TPSA) is 134 Å². The fourth-order valence-electron chi connectivity index (χ4n) is 2.88. The Morgan fingerprint density at radius 2 is 2.00 bits per heavy atom. The van der Waals surface area contributed by atoms with E-state index in [9.17, 15) is 19.7 Å². The molecule has 1 aromatic carbocycles. The van der Waals surface area contributed by atoms with E-state index in [1.165, 1.54) is 21.6 Å². The van der Waals surface area contributed by atoms with Crippen LogP contribution in [0.5, 0.6) is 0 Å². The molecule has 1 unspecified atom stereocenters. The molecule has 156 valence electrons. The van der Waals surface area contributed by atoms with Crippen LogP contribution < -0.4 is 5.32 Å². The molecule has 0 saturated heterocycles. The van der Waals surface area contributed by atoms with Gasteiger partial charge in [-0.3, -0.25) is 4.79 Å². The van der Waals surface area contributed by atoms with Crippen LogP contribution in [-0.4, -0.2) is 43.0 Å². The van der Waals surface area contributed by atoms with Crippen molar-refractivity contribution < 1.29 is 19.2 Å². The van der Waals surface area contributed by atoms with Gasteiger partial charge >= 0.3 is 11.8 Å². The molecule has 2 aromatic heterocycles. The van der Waals surface area contributed by atoms with Gasteiger partial charge in [0.25, 0.3) is 5.91 Å². The lowest BCUT2D eigenvalue weighted by atomic mass is 10.2. The second-order valence-electron chi connectivity index (χ2n) is 6.39. The lowest BCUT2D eigenvalue weighted by Gasteiger charge is -2.14. The van der Waals surface area contributed by atoms with E-state index in [1.54, 1.807) is 45.0 Å². The molecule has 0 aliphatic carbocycles. The van der Waals surface area contributed by atoms with Gasteiger partial charge in [0.2, 0.25) is 0 Å². The van der Waals surface area contributed by atoms with E-state index < -0.39 is 22.8 Å². The number of nitrogens with zero attached hydrogens (tertiary/aromatic N) is 5. The van der Waals surface area contributed by atoms with Gasteiger partial charge in [-0.25, -0.2) is 9.48 Å². The molecule has 11 nitrogen and oxygen atoms in total. The molecule has 0 bridgehead atoms. The molecule has 3 rings (SSSR count). The van der Waals surface area contributed by atoms with E-state index in [2.05, 4.69) is 15.5 Å². The number of para-hydroxylation sites is 1. The van der Waals surface area contributed by atoms with Crippen molar-refractivity contribution in [1.29, 1.82) is 0 Å². The largest absolute Gasteiger partial charge is 0.462 e. The Hall–Kier alpha value is -4.02. The Morgan fingerprint density at radius 1 is 1.30 bits per heavy atom. The first kappa shape index (κ1) is 20.7. The number of hydrogen-bond acceptors (Lipinski definition) is 7. The number of anilines is 1. The molecule has 11 heteroatoms. The smallest absolute Gasteiger partial charge is 0.390 e. The van der Waals surface area contributed by atoms with E-state index >= 15 is 0 Å². The van der Waals surface area contributed by atoms with Crippen molar-refractivity contribution in [3.05, 3.63) is 64.0 Å². The fourth-order valence-corrected chi connectivity index (χ4v) is 2.88. The summed E-state index contributed by atoms with van der Waals surface area (Å²) in [6.45, 7) is 5.00. The highest BCUT2D eigenvalue weighted by Crippen LogP contribution is 2.23. The van der Waals surface area contributed by atoms with Crippen LogP contribution in [-0.2, 0) is 9.53 Å². The summed E-state index contributed by atoms with van der Waals surface area (Å²) >= 11 is 0. The first-order chi connectivity index (χ1) is 14.3. The van der Waals surface area contributed by atoms with Gasteiger partial charge in [-0.1, -0.05) is 18.2 Å². The zero-order chi connectivity index (χ0) is 21.8. The second-order valence-corrected chi connectivity index (χ2v) is 6.39. The summed E-state index contributed by atoms with van der Waals surface area (Å²) < 4.78 is 7.72. The van der Waals surface area contributed by atoms with Crippen LogP contribution in [0.25, 0.3) is 5.69 Å². The van der Waals surface area contributed by atoms with E-state index in [1.807, 2.05) is 6.07 Å². The van der Waals surface area contributed by atoms with Crippen molar-refractivity contribution in [2.24, 2.45) is 0 Å². The molecule has 0 aliphatic heterocycles. The van der Waals surface area contributed by atoms with Crippen molar-refractivity contribution in [3.63, 3.8) is 0 Å². The summed E-state index contributed by atoms with van der Waals surface area (Å²) in [4.78, 5) is 35.6. The normalized spacial score (nSPS) is 11.7. The lowest BCUT2D eigenvalue weighted by molar-refractivity contribution is -0.389. The molecule has 0 saturated carbocycles. The van der Waals surface area contributed by atoms with Gasteiger partial charge in [-0.15, -0.1) is 0 Å². The highest BCUT2D eigenvalue weighted by atomic mass is 16.6. The summed E-state index contributed by atoms with van der Waals surface area (Å²) in [6, 6.07) is 9.34. The monoisotopic (exact) mass is 412 g/mol. The molecule has 0 aliphatic rings. The number of carbonyl (C=O) groups is 2. The maximum Gasteiger partial charge on any atom is 0.390 e.